The Hall–Kier alpha value is -2.05. The maximum absolute atomic E-state index is 12.5. The lowest BCUT2D eigenvalue weighted by molar-refractivity contribution is -0.135. The van der Waals surface area contributed by atoms with Gasteiger partial charge in [0.25, 0.3) is 0 Å². The van der Waals surface area contributed by atoms with Gasteiger partial charge in [-0.1, -0.05) is 18.9 Å². The molecule has 7 nitrogen and oxygen atoms in total. The minimum absolute atomic E-state index is 0.211. The van der Waals surface area contributed by atoms with Crippen LogP contribution in [0.15, 0.2) is 12.2 Å². The van der Waals surface area contributed by atoms with Gasteiger partial charge in [0.05, 0.1) is 7.11 Å². The van der Waals surface area contributed by atoms with Crippen LogP contribution in [0.5, 0.6) is 0 Å². The standard InChI is InChI=1S/C18H28N2O5/c1-18(2,3)25-17(23)20-10-9-14(20)16(22)19-13(11-12-5-6-12)7-8-15(21)24-4/h7-8,12-14H,5-6,9-11H2,1-4H3,(H,19,22). The molecule has 7 heteroatoms. The molecule has 2 fully saturated rings. The SMILES string of the molecule is COC(=O)C=CC(CC1CC1)NC(=O)C1CCN1C(=O)OC(C)(C)C. The zero-order chi connectivity index (χ0) is 18.6. The van der Waals surface area contributed by atoms with Crippen LogP contribution in [0.1, 0.15) is 46.5 Å². The van der Waals surface area contributed by atoms with Crippen molar-refractivity contribution in [1.82, 2.24) is 10.2 Å². The number of carbonyl (C=O) groups excluding carboxylic acids is 3. The summed E-state index contributed by atoms with van der Waals surface area (Å²) in [7, 11) is 1.31. The fraction of sp³-hybridized carbons (Fsp3) is 0.722. The van der Waals surface area contributed by atoms with E-state index in [1.165, 1.54) is 18.1 Å². The molecule has 0 aromatic carbocycles. The number of methoxy groups -OCH3 is 1. The first-order valence-corrected chi connectivity index (χ1v) is 8.75. The van der Waals surface area contributed by atoms with Crippen LogP contribution in [0.4, 0.5) is 4.79 Å². The second-order valence-electron chi connectivity index (χ2n) is 7.65. The van der Waals surface area contributed by atoms with Crippen molar-refractivity contribution in [2.45, 2.75) is 64.1 Å². The number of carbonyl (C=O) groups is 3. The minimum Gasteiger partial charge on any atom is -0.466 e. The van der Waals surface area contributed by atoms with Gasteiger partial charge in [0.1, 0.15) is 11.6 Å². The minimum atomic E-state index is -0.592. The van der Waals surface area contributed by atoms with Crippen LogP contribution >= 0.6 is 0 Å². The Morgan fingerprint density at radius 2 is 1.92 bits per heavy atom. The van der Waals surface area contributed by atoms with Crippen molar-refractivity contribution >= 4 is 18.0 Å². The Balaban J connectivity index is 1.91. The van der Waals surface area contributed by atoms with Gasteiger partial charge >= 0.3 is 12.1 Å². The maximum Gasteiger partial charge on any atom is 0.410 e. The molecular formula is C18H28N2O5. The van der Waals surface area contributed by atoms with E-state index < -0.39 is 23.7 Å². The molecule has 0 aromatic rings. The number of hydrogen-bond donors (Lipinski definition) is 1. The number of ether oxygens (including phenoxy) is 2. The third-order valence-corrected chi connectivity index (χ3v) is 4.23. The number of hydrogen-bond acceptors (Lipinski definition) is 5. The summed E-state index contributed by atoms with van der Waals surface area (Å²) in [4.78, 5) is 37.4. The van der Waals surface area contributed by atoms with Crippen molar-refractivity contribution in [2.24, 2.45) is 5.92 Å². The summed E-state index contributed by atoms with van der Waals surface area (Å²) in [5, 5.41) is 2.93. The van der Waals surface area contributed by atoms with Gasteiger partial charge in [-0.15, -0.1) is 0 Å². The monoisotopic (exact) mass is 352 g/mol. The highest BCUT2D eigenvalue weighted by atomic mass is 16.6. The molecule has 2 rings (SSSR count). The molecule has 2 atom stereocenters. The van der Waals surface area contributed by atoms with Gasteiger partial charge in [-0.2, -0.15) is 0 Å². The van der Waals surface area contributed by atoms with Crippen LogP contribution in [-0.4, -0.2) is 54.2 Å². The summed E-state index contributed by atoms with van der Waals surface area (Å²) in [6.07, 6.45) is 6.22. The van der Waals surface area contributed by atoms with Crippen LogP contribution < -0.4 is 5.32 Å². The first kappa shape index (κ1) is 19.3. The fourth-order valence-electron chi connectivity index (χ4n) is 2.64. The quantitative estimate of drug-likeness (QED) is 0.584. The number of likely N-dealkylation sites (tertiary alicyclic amines) is 1. The zero-order valence-corrected chi connectivity index (χ0v) is 15.4. The molecule has 1 N–H and O–H groups in total. The summed E-state index contributed by atoms with van der Waals surface area (Å²) in [5.41, 5.74) is -0.592. The molecule has 2 amide bonds. The molecule has 2 aliphatic rings. The average Bonchev–Trinajstić information content (AvgIpc) is 3.24. The van der Waals surface area contributed by atoms with E-state index in [9.17, 15) is 14.4 Å². The highest BCUT2D eigenvalue weighted by molar-refractivity contribution is 5.88. The number of amides is 2. The van der Waals surface area contributed by atoms with Crippen molar-refractivity contribution in [1.29, 1.82) is 0 Å². The summed E-state index contributed by atoms with van der Waals surface area (Å²) >= 11 is 0. The number of nitrogens with zero attached hydrogens (tertiary/aromatic N) is 1. The van der Waals surface area contributed by atoms with Crippen molar-refractivity contribution in [3.8, 4) is 0 Å². The third-order valence-electron chi connectivity index (χ3n) is 4.23. The first-order chi connectivity index (χ1) is 11.7. The molecule has 140 valence electrons. The molecule has 0 bridgehead atoms. The van der Waals surface area contributed by atoms with E-state index in [1.807, 2.05) is 0 Å². The van der Waals surface area contributed by atoms with Crippen LogP contribution in [0.25, 0.3) is 0 Å². The summed E-state index contributed by atoms with van der Waals surface area (Å²) in [6, 6.07) is -0.747. The lowest BCUT2D eigenvalue weighted by Crippen LogP contribution is -2.60. The van der Waals surface area contributed by atoms with E-state index in [4.69, 9.17) is 4.74 Å². The van der Waals surface area contributed by atoms with E-state index in [-0.39, 0.29) is 11.9 Å². The molecule has 0 spiro atoms. The van der Waals surface area contributed by atoms with Crippen molar-refractivity contribution in [3.05, 3.63) is 12.2 Å². The predicted octanol–water partition coefficient (Wildman–Crippen LogP) is 2.01. The van der Waals surface area contributed by atoms with E-state index in [2.05, 4.69) is 10.1 Å². The third kappa shape index (κ3) is 6.07. The van der Waals surface area contributed by atoms with E-state index in [0.29, 0.717) is 18.9 Å². The number of esters is 1. The Bertz CT molecular complexity index is 548. The number of nitrogens with one attached hydrogen (secondary N) is 1. The van der Waals surface area contributed by atoms with Gasteiger partial charge in [0, 0.05) is 18.7 Å². The van der Waals surface area contributed by atoms with Crippen LogP contribution in [-0.2, 0) is 19.1 Å². The normalized spacial score (nSPS) is 21.4. The lowest BCUT2D eigenvalue weighted by Gasteiger charge is -2.40. The molecule has 1 aliphatic carbocycles. The number of rotatable bonds is 6. The van der Waals surface area contributed by atoms with Gasteiger partial charge in [0.2, 0.25) is 5.91 Å². The smallest absolute Gasteiger partial charge is 0.410 e. The predicted molar refractivity (Wildman–Crippen MR) is 91.8 cm³/mol. The molecule has 2 unspecified atom stereocenters. The van der Waals surface area contributed by atoms with Gasteiger partial charge in [-0.25, -0.2) is 9.59 Å². The second-order valence-corrected chi connectivity index (χ2v) is 7.65. The maximum atomic E-state index is 12.5. The highest BCUT2D eigenvalue weighted by Crippen LogP contribution is 2.34. The Morgan fingerprint density at radius 3 is 2.40 bits per heavy atom. The van der Waals surface area contributed by atoms with Crippen molar-refractivity contribution < 1.29 is 23.9 Å². The molecule has 1 saturated heterocycles. The van der Waals surface area contributed by atoms with Gasteiger partial charge < -0.3 is 14.8 Å². The van der Waals surface area contributed by atoms with Crippen LogP contribution in [0, 0.1) is 5.92 Å². The molecule has 0 aromatic heterocycles. The van der Waals surface area contributed by atoms with Crippen molar-refractivity contribution in [2.75, 3.05) is 13.7 Å². The van der Waals surface area contributed by atoms with E-state index in [1.54, 1.807) is 26.8 Å². The van der Waals surface area contributed by atoms with Crippen molar-refractivity contribution in [3.63, 3.8) is 0 Å². The van der Waals surface area contributed by atoms with E-state index >= 15 is 0 Å². The molecule has 25 heavy (non-hydrogen) atoms. The summed E-state index contributed by atoms with van der Waals surface area (Å²) in [6.45, 7) is 5.90. The molecular weight excluding hydrogens is 324 g/mol. The average molecular weight is 352 g/mol. The Kier molecular flexibility index (Phi) is 6.08. The summed E-state index contributed by atoms with van der Waals surface area (Å²) in [5.74, 6) is -0.0812. The lowest BCUT2D eigenvalue weighted by atomic mass is 10.0. The largest absolute Gasteiger partial charge is 0.466 e. The first-order valence-electron chi connectivity index (χ1n) is 8.75. The molecule has 1 saturated carbocycles. The summed E-state index contributed by atoms with van der Waals surface area (Å²) < 4.78 is 9.92. The molecule has 1 heterocycles. The van der Waals surface area contributed by atoms with Gasteiger partial charge in [-0.3, -0.25) is 9.69 Å². The zero-order valence-electron chi connectivity index (χ0n) is 15.4. The Morgan fingerprint density at radius 1 is 1.24 bits per heavy atom. The Labute approximate surface area is 148 Å². The topological polar surface area (TPSA) is 84.9 Å². The van der Waals surface area contributed by atoms with Crippen LogP contribution in [0.2, 0.25) is 0 Å². The van der Waals surface area contributed by atoms with Gasteiger partial charge in [-0.05, 0) is 39.5 Å². The highest BCUT2D eigenvalue weighted by Gasteiger charge is 2.40. The second kappa shape index (κ2) is 7.89. The van der Waals surface area contributed by atoms with Gasteiger partial charge in [0.15, 0.2) is 0 Å². The van der Waals surface area contributed by atoms with E-state index in [0.717, 1.165) is 19.3 Å². The molecule has 1 aliphatic heterocycles. The van der Waals surface area contributed by atoms with Crippen LogP contribution in [0.3, 0.4) is 0 Å². The fourth-order valence-corrected chi connectivity index (χ4v) is 2.64. The molecule has 0 radical (unpaired) electrons.